The number of carbonyl (C=O) groups is 1. The quantitative estimate of drug-likeness (QED) is 0.456. The number of carboxylic acids is 1. The van der Waals surface area contributed by atoms with Crippen LogP contribution in [0.25, 0.3) is 0 Å². The van der Waals surface area contributed by atoms with E-state index in [4.69, 9.17) is 14.2 Å². The van der Waals surface area contributed by atoms with Gasteiger partial charge in [0.15, 0.2) is 11.5 Å². The van der Waals surface area contributed by atoms with Crippen LogP contribution in [0.1, 0.15) is 42.0 Å². The number of nitrogens with zero attached hydrogens (tertiary/aromatic N) is 1. The van der Waals surface area contributed by atoms with Gasteiger partial charge in [0.2, 0.25) is 5.75 Å². The van der Waals surface area contributed by atoms with Crippen LogP contribution in [0.15, 0.2) is 59.3 Å². The van der Waals surface area contributed by atoms with Gasteiger partial charge in [-0.3, -0.25) is 9.69 Å². The number of thiophene rings is 1. The lowest BCUT2D eigenvalue weighted by molar-refractivity contribution is -0.145. The minimum atomic E-state index is -0.781. The van der Waals surface area contributed by atoms with Gasteiger partial charge in [0.25, 0.3) is 0 Å². The fraction of sp³-hybridized carbons (Fsp3) is 0.346. The molecule has 2 aromatic carbocycles. The largest absolute Gasteiger partial charge is 0.493 e. The van der Waals surface area contributed by atoms with Crippen molar-refractivity contribution in [1.29, 1.82) is 0 Å². The Morgan fingerprint density at radius 3 is 2.42 bits per heavy atom. The van der Waals surface area contributed by atoms with Crippen LogP contribution < -0.4 is 14.2 Å². The molecule has 6 nitrogen and oxygen atoms in total. The maximum atomic E-state index is 12.1. The lowest BCUT2D eigenvalue weighted by atomic mass is 9.92. The van der Waals surface area contributed by atoms with Crippen LogP contribution in [-0.4, -0.2) is 42.8 Å². The summed E-state index contributed by atoms with van der Waals surface area (Å²) in [5.41, 5.74) is 3.02. The summed E-state index contributed by atoms with van der Waals surface area (Å²) < 4.78 is 17.5. The predicted molar refractivity (Wildman–Crippen MR) is 128 cm³/mol. The van der Waals surface area contributed by atoms with Crippen LogP contribution in [0.2, 0.25) is 0 Å². The molecule has 0 aliphatic carbocycles. The van der Waals surface area contributed by atoms with Crippen molar-refractivity contribution < 1.29 is 24.1 Å². The van der Waals surface area contributed by atoms with E-state index in [2.05, 4.69) is 16.3 Å². The summed E-state index contributed by atoms with van der Waals surface area (Å²) in [6.07, 6.45) is 2.53. The Morgan fingerprint density at radius 1 is 1.09 bits per heavy atom. The second kappa shape index (κ2) is 10.7. The van der Waals surface area contributed by atoms with E-state index in [1.54, 1.807) is 25.6 Å². The van der Waals surface area contributed by atoms with E-state index in [-0.39, 0.29) is 6.04 Å². The SMILES string of the molecule is COc1cc(C(c2ccsc2)N2CCCCC2C(=O)O)cc(OC)c1OCc1ccccc1. The monoisotopic (exact) mass is 467 g/mol. The number of ether oxygens (including phenoxy) is 3. The molecule has 1 aliphatic rings. The summed E-state index contributed by atoms with van der Waals surface area (Å²) >= 11 is 1.60. The Balaban J connectivity index is 1.73. The zero-order valence-electron chi connectivity index (χ0n) is 18.9. The Kier molecular flexibility index (Phi) is 7.52. The summed E-state index contributed by atoms with van der Waals surface area (Å²) in [4.78, 5) is 14.2. The minimum Gasteiger partial charge on any atom is -0.493 e. The van der Waals surface area contributed by atoms with Gasteiger partial charge >= 0.3 is 5.97 Å². The summed E-state index contributed by atoms with van der Waals surface area (Å²) in [6.45, 7) is 1.10. The molecule has 33 heavy (non-hydrogen) atoms. The Hall–Kier alpha value is -3.03. The lowest BCUT2D eigenvalue weighted by Gasteiger charge is -2.39. The summed E-state index contributed by atoms with van der Waals surface area (Å²) in [7, 11) is 3.21. The molecule has 0 spiro atoms. The van der Waals surface area contributed by atoms with E-state index in [9.17, 15) is 9.90 Å². The van der Waals surface area contributed by atoms with Crippen LogP contribution in [0.5, 0.6) is 17.2 Å². The Bertz CT molecular complexity index is 1030. The van der Waals surface area contributed by atoms with Crippen molar-refractivity contribution in [3.8, 4) is 17.2 Å². The van der Waals surface area contributed by atoms with Crippen molar-refractivity contribution in [2.24, 2.45) is 0 Å². The third-order valence-electron chi connectivity index (χ3n) is 6.04. The molecule has 0 amide bonds. The first-order valence-corrected chi connectivity index (χ1v) is 12.0. The van der Waals surface area contributed by atoms with E-state index in [1.807, 2.05) is 47.8 Å². The van der Waals surface area contributed by atoms with E-state index in [0.717, 1.165) is 29.5 Å². The molecular weight excluding hydrogens is 438 g/mol. The molecule has 1 aromatic heterocycles. The van der Waals surface area contributed by atoms with Crippen molar-refractivity contribution in [1.82, 2.24) is 4.90 Å². The number of hydrogen-bond donors (Lipinski definition) is 1. The van der Waals surface area contributed by atoms with Crippen LogP contribution in [0.3, 0.4) is 0 Å². The van der Waals surface area contributed by atoms with Crippen LogP contribution in [0, 0.1) is 0 Å². The molecule has 7 heteroatoms. The van der Waals surface area contributed by atoms with Gasteiger partial charge in [-0.1, -0.05) is 36.8 Å². The summed E-state index contributed by atoms with van der Waals surface area (Å²) in [5, 5.41) is 14.0. The molecule has 2 heterocycles. The van der Waals surface area contributed by atoms with Crippen molar-refractivity contribution >= 4 is 17.3 Å². The molecule has 174 valence electrons. The van der Waals surface area contributed by atoms with Gasteiger partial charge in [-0.2, -0.15) is 11.3 Å². The van der Waals surface area contributed by atoms with Gasteiger partial charge in [-0.15, -0.1) is 0 Å². The predicted octanol–water partition coefficient (Wildman–Crippen LogP) is 5.37. The number of aliphatic carboxylic acids is 1. The number of hydrogen-bond acceptors (Lipinski definition) is 6. The maximum Gasteiger partial charge on any atom is 0.320 e. The van der Waals surface area contributed by atoms with Gasteiger partial charge in [0.1, 0.15) is 12.6 Å². The first-order chi connectivity index (χ1) is 16.1. The highest BCUT2D eigenvalue weighted by molar-refractivity contribution is 7.08. The molecule has 1 saturated heterocycles. The number of piperidine rings is 1. The summed E-state index contributed by atoms with van der Waals surface area (Å²) in [5.74, 6) is 0.871. The standard InChI is InChI=1S/C26H29NO5S/c1-30-22-14-20(15-23(31-2)25(22)32-16-18-8-4-3-5-9-18)24(19-11-13-33-17-19)27-12-7-6-10-21(27)26(28)29/h3-5,8-9,11,13-15,17,21,24H,6-7,10,12,16H2,1-2H3,(H,28,29). The molecule has 0 saturated carbocycles. The van der Waals surface area contributed by atoms with E-state index in [1.165, 1.54) is 0 Å². The molecule has 1 fully saturated rings. The third-order valence-corrected chi connectivity index (χ3v) is 6.75. The Morgan fingerprint density at radius 2 is 1.82 bits per heavy atom. The molecule has 2 unspecified atom stereocenters. The number of benzene rings is 2. The average Bonchev–Trinajstić information content (AvgIpc) is 3.38. The van der Waals surface area contributed by atoms with Crippen LogP contribution in [0.4, 0.5) is 0 Å². The van der Waals surface area contributed by atoms with E-state index in [0.29, 0.717) is 36.8 Å². The zero-order valence-corrected chi connectivity index (χ0v) is 19.7. The Labute approximate surface area is 198 Å². The first-order valence-electron chi connectivity index (χ1n) is 11.1. The van der Waals surface area contributed by atoms with Gasteiger partial charge in [0, 0.05) is 0 Å². The molecule has 0 radical (unpaired) electrons. The highest BCUT2D eigenvalue weighted by atomic mass is 32.1. The van der Waals surface area contributed by atoms with Crippen LogP contribution >= 0.6 is 11.3 Å². The number of rotatable bonds is 9. The van der Waals surface area contributed by atoms with Crippen molar-refractivity contribution in [3.05, 3.63) is 76.0 Å². The zero-order chi connectivity index (χ0) is 23.2. The molecule has 1 N–H and O–H groups in total. The number of likely N-dealkylation sites (tertiary alicyclic amines) is 1. The van der Waals surface area contributed by atoms with Crippen molar-refractivity contribution in [2.75, 3.05) is 20.8 Å². The highest BCUT2D eigenvalue weighted by Gasteiger charge is 2.36. The molecule has 3 aromatic rings. The summed E-state index contributed by atoms with van der Waals surface area (Å²) in [6, 6.07) is 15.1. The second-order valence-electron chi connectivity index (χ2n) is 8.08. The molecule has 0 bridgehead atoms. The second-order valence-corrected chi connectivity index (χ2v) is 8.86. The minimum absolute atomic E-state index is 0.219. The van der Waals surface area contributed by atoms with Gasteiger partial charge < -0.3 is 19.3 Å². The van der Waals surface area contributed by atoms with Gasteiger partial charge in [-0.25, -0.2) is 0 Å². The molecule has 2 atom stereocenters. The third kappa shape index (κ3) is 5.15. The first kappa shape index (κ1) is 23.1. The fourth-order valence-electron chi connectivity index (χ4n) is 4.46. The van der Waals surface area contributed by atoms with E-state index >= 15 is 0 Å². The van der Waals surface area contributed by atoms with Gasteiger partial charge in [-0.05, 0) is 65.0 Å². The highest BCUT2D eigenvalue weighted by Crippen LogP contribution is 2.44. The molecule has 4 rings (SSSR count). The maximum absolute atomic E-state index is 12.1. The van der Waals surface area contributed by atoms with Crippen LogP contribution in [-0.2, 0) is 11.4 Å². The van der Waals surface area contributed by atoms with Crippen molar-refractivity contribution in [2.45, 2.75) is 38.0 Å². The topological polar surface area (TPSA) is 68.2 Å². The van der Waals surface area contributed by atoms with Crippen molar-refractivity contribution in [3.63, 3.8) is 0 Å². The average molecular weight is 468 g/mol. The smallest absolute Gasteiger partial charge is 0.320 e. The molecule has 1 aliphatic heterocycles. The number of carboxylic acid groups (broad SMARTS) is 1. The fourth-order valence-corrected chi connectivity index (χ4v) is 5.14. The number of methoxy groups -OCH3 is 2. The molecular formula is C26H29NO5S. The lowest BCUT2D eigenvalue weighted by Crippen LogP contribution is -2.46. The van der Waals surface area contributed by atoms with E-state index < -0.39 is 12.0 Å². The normalized spacial score (nSPS) is 17.3. The van der Waals surface area contributed by atoms with Gasteiger partial charge in [0.05, 0.1) is 20.3 Å².